The molecule has 1 aromatic heterocycles. The standard InChI is InChI=1S/C15H24FN3/c1-15(2)7-3-8-19(11-15)9-6-13(17)14-5-4-12(16)10-18-14/h4-5,10,13H,3,6-9,11,17H2,1-2H3. The summed E-state index contributed by atoms with van der Waals surface area (Å²) in [6.07, 6.45) is 4.67. The van der Waals surface area contributed by atoms with E-state index in [-0.39, 0.29) is 11.9 Å². The molecule has 0 aliphatic carbocycles. The molecule has 2 N–H and O–H groups in total. The van der Waals surface area contributed by atoms with E-state index < -0.39 is 0 Å². The molecule has 106 valence electrons. The average Bonchev–Trinajstić information content (AvgIpc) is 2.36. The fourth-order valence-electron chi connectivity index (χ4n) is 2.81. The molecule has 4 heteroatoms. The maximum Gasteiger partial charge on any atom is 0.141 e. The minimum Gasteiger partial charge on any atom is -0.323 e. The molecule has 19 heavy (non-hydrogen) atoms. The van der Waals surface area contributed by atoms with Crippen LogP contribution in [0.5, 0.6) is 0 Å². The summed E-state index contributed by atoms with van der Waals surface area (Å²) in [6.45, 7) is 7.93. The van der Waals surface area contributed by atoms with Crippen LogP contribution in [0.1, 0.15) is 44.8 Å². The third kappa shape index (κ3) is 4.25. The second kappa shape index (κ2) is 5.97. The highest BCUT2D eigenvalue weighted by Crippen LogP contribution is 2.28. The predicted octanol–water partition coefficient (Wildman–Crippen LogP) is 2.73. The normalized spacial score (nSPS) is 21.3. The molecule has 0 saturated carbocycles. The van der Waals surface area contributed by atoms with Crippen molar-refractivity contribution in [1.29, 1.82) is 0 Å². The third-order valence-electron chi connectivity index (χ3n) is 3.87. The van der Waals surface area contributed by atoms with Crippen molar-refractivity contribution >= 4 is 0 Å². The molecular formula is C15H24FN3. The first-order valence-electron chi connectivity index (χ1n) is 7.06. The number of nitrogens with two attached hydrogens (primary N) is 1. The Kier molecular flexibility index (Phi) is 4.53. The largest absolute Gasteiger partial charge is 0.323 e. The van der Waals surface area contributed by atoms with Gasteiger partial charge in [-0.15, -0.1) is 0 Å². The number of aromatic nitrogens is 1. The Morgan fingerprint density at radius 3 is 2.89 bits per heavy atom. The van der Waals surface area contributed by atoms with Gasteiger partial charge in [-0.25, -0.2) is 4.39 Å². The Morgan fingerprint density at radius 1 is 1.47 bits per heavy atom. The van der Waals surface area contributed by atoms with Crippen LogP contribution in [0.3, 0.4) is 0 Å². The molecule has 1 aromatic rings. The van der Waals surface area contributed by atoms with Crippen molar-refractivity contribution in [2.75, 3.05) is 19.6 Å². The lowest BCUT2D eigenvalue weighted by molar-refractivity contribution is 0.114. The highest BCUT2D eigenvalue weighted by molar-refractivity contribution is 5.09. The van der Waals surface area contributed by atoms with E-state index in [0.717, 1.165) is 31.7 Å². The zero-order valence-electron chi connectivity index (χ0n) is 11.9. The molecule has 0 amide bonds. The Labute approximate surface area is 115 Å². The van der Waals surface area contributed by atoms with Gasteiger partial charge in [0.2, 0.25) is 0 Å². The van der Waals surface area contributed by atoms with Crippen molar-refractivity contribution in [2.45, 2.75) is 39.2 Å². The minimum atomic E-state index is -0.311. The monoisotopic (exact) mass is 265 g/mol. The molecule has 1 saturated heterocycles. The fourth-order valence-corrected chi connectivity index (χ4v) is 2.81. The molecule has 0 spiro atoms. The van der Waals surface area contributed by atoms with Crippen LogP contribution < -0.4 is 5.73 Å². The lowest BCUT2D eigenvalue weighted by Gasteiger charge is -2.38. The van der Waals surface area contributed by atoms with Crippen molar-refractivity contribution in [2.24, 2.45) is 11.1 Å². The molecular weight excluding hydrogens is 241 g/mol. The summed E-state index contributed by atoms with van der Waals surface area (Å²) in [4.78, 5) is 6.53. The van der Waals surface area contributed by atoms with E-state index in [1.807, 2.05) is 0 Å². The van der Waals surface area contributed by atoms with E-state index in [9.17, 15) is 4.39 Å². The SMILES string of the molecule is CC1(C)CCCN(CCC(N)c2ccc(F)cn2)C1. The lowest BCUT2D eigenvalue weighted by atomic mass is 9.84. The summed E-state index contributed by atoms with van der Waals surface area (Å²) in [7, 11) is 0. The van der Waals surface area contributed by atoms with Crippen LogP contribution in [0.4, 0.5) is 4.39 Å². The highest BCUT2D eigenvalue weighted by atomic mass is 19.1. The molecule has 0 bridgehead atoms. The molecule has 2 rings (SSSR count). The Morgan fingerprint density at radius 2 is 2.26 bits per heavy atom. The van der Waals surface area contributed by atoms with E-state index in [0.29, 0.717) is 5.41 Å². The molecule has 3 nitrogen and oxygen atoms in total. The van der Waals surface area contributed by atoms with Crippen LogP contribution in [0, 0.1) is 11.2 Å². The second-order valence-electron chi connectivity index (χ2n) is 6.34. The summed E-state index contributed by atoms with van der Waals surface area (Å²) in [6, 6.07) is 3.00. The lowest BCUT2D eigenvalue weighted by Crippen LogP contribution is -2.41. The van der Waals surface area contributed by atoms with Gasteiger partial charge < -0.3 is 10.6 Å². The quantitative estimate of drug-likeness (QED) is 0.910. The van der Waals surface area contributed by atoms with Crippen molar-refractivity contribution in [3.05, 3.63) is 29.8 Å². The van der Waals surface area contributed by atoms with Crippen molar-refractivity contribution in [1.82, 2.24) is 9.88 Å². The van der Waals surface area contributed by atoms with Crippen molar-refractivity contribution < 1.29 is 4.39 Å². The molecule has 0 radical (unpaired) electrons. The van der Waals surface area contributed by atoms with Gasteiger partial charge in [0.05, 0.1) is 11.9 Å². The van der Waals surface area contributed by atoms with E-state index in [1.54, 1.807) is 6.07 Å². The van der Waals surface area contributed by atoms with Crippen LogP contribution in [0.15, 0.2) is 18.3 Å². The summed E-state index contributed by atoms with van der Waals surface area (Å²) in [5, 5.41) is 0. The minimum absolute atomic E-state index is 0.106. The topological polar surface area (TPSA) is 42.1 Å². The number of likely N-dealkylation sites (tertiary alicyclic amines) is 1. The highest BCUT2D eigenvalue weighted by Gasteiger charge is 2.26. The first-order chi connectivity index (χ1) is 8.96. The smallest absolute Gasteiger partial charge is 0.141 e. The fraction of sp³-hybridized carbons (Fsp3) is 0.667. The van der Waals surface area contributed by atoms with Gasteiger partial charge in [0, 0.05) is 19.1 Å². The van der Waals surface area contributed by atoms with E-state index in [2.05, 4.69) is 23.7 Å². The molecule has 1 aliphatic rings. The van der Waals surface area contributed by atoms with Crippen LogP contribution in [0.25, 0.3) is 0 Å². The number of halogens is 1. The molecule has 1 aliphatic heterocycles. The van der Waals surface area contributed by atoms with Crippen LogP contribution in [-0.2, 0) is 0 Å². The third-order valence-corrected chi connectivity index (χ3v) is 3.87. The van der Waals surface area contributed by atoms with Crippen molar-refractivity contribution in [3.63, 3.8) is 0 Å². The maximum absolute atomic E-state index is 12.8. The predicted molar refractivity (Wildman–Crippen MR) is 75.2 cm³/mol. The maximum atomic E-state index is 12.8. The number of hydrogen-bond donors (Lipinski definition) is 1. The Bertz CT molecular complexity index is 402. The van der Waals surface area contributed by atoms with Gasteiger partial charge in [0.15, 0.2) is 0 Å². The average molecular weight is 265 g/mol. The van der Waals surface area contributed by atoms with Crippen LogP contribution in [-0.4, -0.2) is 29.5 Å². The van der Waals surface area contributed by atoms with Gasteiger partial charge in [-0.05, 0) is 43.4 Å². The number of nitrogens with zero attached hydrogens (tertiary/aromatic N) is 2. The van der Waals surface area contributed by atoms with E-state index >= 15 is 0 Å². The number of piperidine rings is 1. The second-order valence-corrected chi connectivity index (χ2v) is 6.34. The number of pyridine rings is 1. The summed E-state index contributed by atoms with van der Waals surface area (Å²) in [5.74, 6) is -0.311. The summed E-state index contributed by atoms with van der Waals surface area (Å²) >= 11 is 0. The van der Waals surface area contributed by atoms with E-state index in [1.165, 1.54) is 25.1 Å². The van der Waals surface area contributed by atoms with Gasteiger partial charge >= 0.3 is 0 Å². The summed E-state index contributed by atoms with van der Waals surface area (Å²) < 4.78 is 12.8. The molecule has 1 atom stereocenters. The van der Waals surface area contributed by atoms with Gasteiger partial charge in [0.1, 0.15) is 5.82 Å². The van der Waals surface area contributed by atoms with Crippen LogP contribution >= 0.6 is 0 Å². The van der Waals surface area contributed by atoms with Crippen molar-refractivity contribution in [3.8, 4) is 0 Å². The number of rotatable bonds is 4. The Balaban J connectivity index is 1.83. The molecule has 0 aromatic carbocycles. The molecule has 1 unspecified atom stereocenters. The van der Waals surface area contributed by atoms with Gasteiger partial charge in [-0.1, -0.05) is 13.8 Å². The zero-order valence-corrected chi connectivity index (χ0v) is 11.9. The first-order valence-corrected chi connectivity index (χ1v) is 7.06. The zero-order chi connectivity index (χ0) is 13.9. The number of hydrogen-bond acceptors (Lipinski definition) is 3. The van der Waals surface area contributed by atoms with Gasteiger partial charge in [-0.3, -0.25) is 4.98 Å². The van der Waals surface area contributed by atoms with E-state index in [4.69, 9.17) is 5.73 Å². The first kappa shape index (κ1) is 14.4. The molecule has 1 fully saturated rings. The Hall–Kier alpha value is -1.00. The summed E-state index contributed by atoms with van der Waals surface area (Å²) in [5.41, 5.74) is 7.31. The van der Waals surface area contributed by atoms with Crippen LogP contribution in [0.2, 0.25) is 0 Å². The van der Waals surface area contributed by atoms with Gasteiger partial charge in [0.25, 0.3) is 0 Å². The molecule has 2 heterocycles. The van der Waals surface area contributed by atoms with Gasteiger partial charge in [-0.2, -0.15) is 0 Å².